The first kappa shape index (κ1) is 17.4. The Morgan fingerprint density at radius 3 is 2.66 bits per heavy atom. The van der Waals surface area contributed by atoms with E-state index in [2.05, 4.69) is 28.2 Å². The lowest BCUT2D eigenvalue weighted by Crippen LogP contribution is -2.50. The van der Waals surface area contributed by atoms with Crippen molar-refractivity contribution < 1.29 is 9.47 Å². The van der Waals surface area contributed by atoms with Crippen molar-refractivity contribution in [2.24, 2.45) is 21.6 Å². The summed E-state index contributed by atoms with van der Waals surface area (Å²) in [6.07, 6.45) is 12.5. The molecule has 0 saturated heterocycles. The lowest BCUT2D eigenvalue weighted by molar-refractivity contribution is -0.0621. The van der Waals surface area contributed by atoms with Crippen LogP contribution in [0.3, 0.4) is 0 Å². The van der Waals surface area contributed by atoms with Crippen molar-refractivity contribution in [1.29, 1.82) is 0 Å². The minimum absolute atomic E-state index is 0.0494. The van der Waals surface area contributed by atoms with Gasteiger partial charge in [0.2, 0.25) is 0 Å². The Morgan fingerprint density at radius 1 is 1.14 bits per heavy atom. The highest BCUT2D eigenvalue weighted by Gasteiger charge is 2.67. The Labute approximate surface area is 170 Å². The van der Waals surface area contributed by atoms with Crippen LogP contribution in [0.4, 0.5) is 0 Å². The number of amidine groups is 1. The summed E-state index contributed by atoms with van der Waals surface area (Å²) < 4.78 is 11.7. The summed E-state index contributed by atoms with van der Waals surface area (Å²) in [5.74, 6) is 0. The molecule has 6 heteroatoms. The number of methoxy groups -OCH3 is 1. The summed E-state index contributed by atoms with van der Waals surface area (Å²) >= 11 is 0. The first-order valence-electron chi connectivity index (χ1n) is 10.5. The van der Waals surface area contributed by atoms with Crippen LogP contribution in [0.25, 0.3) is 11.1 Å². The summed E-state index contributed by atoms with van der Waals surface area (Å²) in [5, 5.41) is 0. The van der Waals surface area contributed by atoms with Crippen molar-refractivity contribution in [3.8, 4) is 11.1 Å². The van der Waals surface area contributed by atoms with Crippen LogP contribution in [-0.2, 0) is 21.4 Å². The number of nitrogens with two attached hydrogens (primary N) is 1. The molecule has 1 unspecified atom stereocenters. The predicted octanol–water partition coefficient (Wildman–Crippen LogP) is 3.21. The van der Waals surface area contributed by atoms with Gasteiger partial charge in [0.25, 0.3) is 6.02 Å². The van der Waals surface area contributed by atoms with Gasteiger partial charge in [-0.25, -0.2) is 15.0 Å². The fourth-order valence-electron chi connectivity index (χ4n) is 6.50. The molecule has 4 aliphatic rings. The lowest BCUT2D eigenvalue weighted by atomic mass is 9.58. The monoisotopic (exact) mass is 390 g/mol. The lowest BCUT2D eigenvalue weighted by Gasteiger charge is -2.49. The van der Waals surface area contributed by atoms with Crippen LogP contribution in [0.15, 0.2) is 41.9 Å². The van der Waals surface area contributed by atoms with Gasteiger partial charge in [-0.05, 0) is 66.7 Å². The number of hydrogen-bond acceptors (Lipinski definition) is 6. The van der Waals surface area contributed by atoms with Gasteiger partial charge in [0.15, 0.2) is 0 Å². The van der Waals surface area contributed by atoms with Gasteiger partial charge in [0.1, 0.15) is 18.5 Å². The third-order valence-corrected chi connectivity index (χ3v) is 8.02. The number of hydrogen-bond donors (Lipinski definition) is 1. The molecule has 0 radical (unpaired) electrons. The molecule has 29 heavy (non-hydrogen) atoms. The van der Waals surface area contributed by atoms with E-state index in [4.69, 9.17) is 20.2 Å². The molecule has 2 saturated carbocycles. The Balaban J connectivity index is 1.48. The molecule has 2 N–H and O–H groups in total. The Morgan fingerprint density at radius 2 is 1.97 bits per heavy atom. The Kier molecular flexibility index (Phi) is 3.47. The zero-order valence-electron chi connectivity index (χ0n) is 16.7. The third kappa shape index (κ3) is 2.29. The standard InChI is InChI=1S/C23H26N4O2/c1-28-19-4-5-22(12-21(19)6-7-21)9-16-3-2-15(17-10-25-14-26-11-17)8-18(16)23(22)13-29-20(24)27-23/h2-3,8,10-11,14,19H,4-7,9,12-13H2,1H3,(H2,24,27)/t19-,22+,23?/m0/s1. The fraction of sp³-hybridized carbons (Fsp3) is 0.522. The number of aromatic nitrogens is 2. The maximum absolute atomic E-state index is 6.11. The highest BCUT2D eigenvalue weighted by Crippen LogP contribution is 2.70. The summed E-state index contributed by atoms with van der Waals surface area (Å²) in [7, 11) is 1.87. The third-order valence-electron chi connectivity index (χ3n) is 8.02. The molecule has 3 atom stereocenters. The first-order valence-corrected chi connectivity index (χ1v) is 10.5. The zero-order valence-corrected chi connectivity index (χ0v) is 16.7. The summed E-state index contributed by atoms with van der Waals surface area (Å²) in [6, 6.07) is 7.04. The highest BCUT2D eigenvalue weighted by atomic mass is 16.5. The minimum atomic E-state index is -0.396. The maximum atomic E-state index is 6.11. The Bertz CT molecular complexity index is 1000. The van der Waals surface area contributed by atoms with Gasteiger partial charge in [0, 0.05) is 30.5 Å². The zero-order chi connectivity index (χ0) is 19.7. The molecule has 0 bridgehead atoms. The SMILES string of the molecule is CO[C@H]1CC[C@@]2(Cc3ccc(-c4cncnc4)cc3C23COC(N)=N3)CC12CC2. The van der Waals surface area contributed by atoms with Crippen molar-refractivity contribution in [1.82, 2.24) is 9.97 Å². The molecular formula is C23H26N4O2. The molecule has 3 spiro atoms. The van der Waals surface area contributed by atoms with Crippen LogP contribution in [-0.4, -0.2) is 35.8 Å². The molecule has 1 aromatic carbocycles. The second kappa shape index (κ2) is 5.79. The molecule has 2 heterocycles. The number of ether oxygens (including phenoxy) is 2. The van der Waals surface area contributed by atoms with Gasteiger partial charge < -0.3 is 15.2 Å². The molecule has 6 rings (SSSR count). The normalized spacial score (nSPS) is 33.7. The maximum Gasteiger partial charge on any atom is 0.283 e. The van der Waals surface area contributed by atoms with Gasteiger partial charge in [-0.1, -0.05) is 12.1 Å². The molecule has 1 aliphatic heterocycles. The van der Waals surface area contributed by atoms with E-state index in [9.17, 15) is 0 Å². The number of benzene rings is 1. The van der Waals surface area contributed by atoms with Crippen LogP contribution in [0.5, 0.6) is 0 Å². The van der Waals surface area contributed by atoms with Gasteiger partial charge >= 0.3 is 0 Å². The van der Waals surface area contributed by atoms with Gasteiger partial charge in [0.05, 0.1) is 6.10 Å². The molecule has 150 valence electrons. The Hall–Kier alpha value is -2.47. The van der Waals surface area contributed by atoms with Crippen LogP contribution in [0.1, 0.15) is 43.2 Å². The van der Waals surface area contributed by atoms with Crippen LogP contribution >= 0.6 is 0 Å². The largest absolute Gasteiger partial charge is 0.462 e. The highest BCUT2D eigenvalue weighted by molar-refractivity contribution is 5.76. The minimum Gasteiger partial charge on any atom is -0.462 e. The van der Waals surface area contributed by atoms with Crippen molar-refractivity contribution in [2.75, 3.05) is 13.7 Å². The van der Waals surface area contributed by atoms with Crippen molar-refractivity contribution in [3.05, 3.63) is 48.0 Å². The average Bonchev–Trinajstić information content (AvgIpc) is 3.30. The quantitative estimate of drug-likeness (QED) is 0.851. The van der Waals surface area contributed by atoms with E-state index < -0.39 is 5.54 Å². The molecule has 1 aromatic heterocycles. The second-order valence-corrected chi connectivity index (χ2v) is 9.36. The van der Waals surface area contributed by atoms with E-state index in [1.165, 1.54) is 24.0 Å². The van der Waals surface area contributed by atoms with Crippen molar-refractivity contribution in [3.63, 3.8) is 0 Å². The molecule has 0 amide bonds. The first-order chi connectivity index (χ1) is 14.1. The molecule has 3 aliphatic carbocycles. The van der Waals surface area contributed by atoms with E-state index in [0.29, 0.717) is 24.1 Å². The topological polar surface area (TPSA) is 82.6 Å². The number of rotatable bonds is 2. The molecular weight excluding hydrogens is 364 g/mol. The van der Waals surface area contributed by atoms with E-state index in [1.807, 2.05) is 19.5 Å². The molecule has 6 nitrogen and oxygen atoms in total. The predicted molar refractivity (Wildman–Crippen MR) is 109 cm³/mol. The van der Waals surface area contributed by atoms with E-state index in [0.717, 1.165) is 36.8 Å². The van der Waals surface area contributed by atoms with E-state index in [1.54, 1.807) is 6.33 Å². The van der Waals surface area contributed by atoms with Crippen molar-refractivity contribution >= 4 is 6.02 Å². The number of aliphatic imine (C=N–C) groups is 1. The van der Waals surface area contributed by atoms with Crippen LogP contribution in [0, 0.1) is 10.8 Å². The van der Waals surface area contributed by atoms with Crippen LogP contribution < -0.4 is 5.73 Å². The van der Waals surface area contributed by atoms with E-state index in [-0.39, 0.29) is 5.41 Å². The second-order valence-electron chi connectivity index (χ2n) is 9.36. The van der Waals surface area contributed by atoms with Gasteiger partial charge in [-0.2, -0.15) is 0 Å². The van der Waals surface area contributed by atoms with Gasteiger partial charge in [-0.15, -0.1) is 0 Å². The molecule has 2 fully saturated rings. The van der Waals surface area contributed by atoms with Crippen molar-refractivity contribution in [2.45, 2.75) is 50.2 Å². The number of fused-ring (bicyclic) bond motifs is 3. The summed E-state index contributed by atoms with van der Waals surface area (Å²) in [5.41, 5.74) is 10.8. The summed E-state index contributed by atoms with van der Waals surface area (Å²) in [4.78, 5) is 13.4. The van der Waals surface area contributed by atoms with Gasteiger partial charge in [-0.3, -0.25) is 0 Å². The van der Waals surface area contributed by atoms with E-state index >= 15 is 0 Å². The van der Waals surface area contributed by atoms with Crippen LogP contribution in [0.2, 0.25) is 0 Å². The average molecular weight is 390 g/mol. The fourth-order valence-corrected chi connectivity index (χ4v) is 6.50. The smallest absolute Gasteiger partial charge is 0.283 e. The summed E-state index contributed by atoms with van der Waals surface area (Å²) in [6.45, 7) is 0.536. The molecule has 2 aromatic rings. The number of nitrogens with zero attached hydrogens (tertiary/aromatic N) is 3.